The van der Waals surface area contributed by atoms with Crippen molar-refractivity contribution in [3.05, 3.63) is 12.2 Å². The standard InChI is InChI=1S/C26H52O4Si2/c1-19(2)31(20(3)4,21(5)6)17-15-29-25(27)13-14-26(28)30-16-18-32(22(7)8,23(9)10)24(11)12/h13-14,19-24H,15-18H2,1-12H3/b14-13-. The molecule has 0 saturated heterocycles. The zero-order valence-corrected chi connectivity index (χ0v) is 25.1. The van der Waals surface area contributed by atoms with E-state index in [0.717, 1.165) is 12.1 Å². The molecule has 6 heteroatoms. The molecule has 32 heavy (non-hydrogen) atoms. The molecule has 0 aliphatic carbocycles. The van der Waals surface area contributed by atoms with E-state index in [-0.39, 0.29) is 0 Å². The highest BCUT2D eigenvalue weighted by atomic mass is 28.3. The van der Waals surface area contributed by atoms with E-state index >= 15 is 0 Å². The van der Waals surface area contributed by atoms with Gasteiger partial charge >= 0.3 is 11.9 Å². The monoisotopic (exact) mass is 484 g/mol. The topological polar surface area (TPSA) is 52.6 Å². The second-order valence-corrected chi connectivity index (χ2v) is 23.7. The van der Waals surface area contributed by atoms with Gasteiger partial charge in [0.15, 0.2) is 0 Å². The lowest BCUT2D eigenvalue weighted by Gasteiger charge is -2.43. The predicted octanol–water partition coefficient (Wildman–Crippen LogP) is 7.99. The van der Waals surface area contributed by atoms with Crippen LogP contribution < -0.4 is 0 Å². The van der Waals surface area contributed by atoms with Crippen molar-refractivity contribution >= 4 is 28.1 Å². The molecule has 0 heterocycles. The SMILES string of the molecule is CC(C)[Si](CCOC(=O)/C=C\C(=O)OCC[Si](C(C)C)(C(C)C)C(C)C)(C(C)C)C(C)C. The van der Waals surface area contributed by atoms with Gasteiger partial charge in [-0.05, 0) is 12.1 Å². The van der Waals surface area contributed by atoms with Crippen LogP contribution >= 0.6 is 0 Å². The molecule has 0 aromatic heterocycles. The van der Waals surface area contributed by atoms with Gasteiger partial charge in [-0.25, -0.2) is 9.59 Å². The van der Waals surface area contributed by atoms with Gasteiger partial charge in [0, 0.05) is 12.2 Å². The molecule has 188 valence electrons. The van der Waals surface area contributed by atoms with E-state index in [1.807, 2.05) is 0 Å². The fourth-order valence-electron chi connectivity index (χ4n) is 6.62. The number of carbonyl (C=O) groups excluding carboxylic acids is 2. The van der Waals surface area contributed by atoms with Gasteiger partial charge in [0.2, 0.25) is 0 Å². The first-order valence-corrected chi connectivity index (χ1v) is 17.6. The minimum atomic E-state index is -1.59. The largest absolute Gasteiger partial charge is 0.463 e. The van der Waals surface area contributed by atoms with Crippen LogP contribution in [0.1, 0.15) is 83.1 Å². The van der Waals surface area contributed by atoms with Crippen LogP contribution in [0.2, 0.25) is 45.3 Å². The number of hydrogen-bond donors (Lipinski definition) is 0. The van der Waals surface area contributed by atoms with Crippen molar-refractivity contribution in [3.63, 3.8) is 0 Å². The average Bonchev–Trinajstić information content (AvgIpc) is 2.65. The Kier molecular flexibility index (Phi) is 13.4. The summed E-state index contributed by atoms with van der Waals surface area (Å²) in [6.07, 6.45) is 2.42. The first-order valence-electron chi connectivity index (χ1n) is 12.7. The zero-order chi connectivity index (χ0) is 25.3. The van der Waals surface area contributed by atoms with Gasteiger partial charge in [-0.15, -0.1) is 0 Å². The third kappa shape index (κ3) is 7.86. The van der Waals surface area contributed by atoms with E-state index in [0.29, 0.717) is 46.5 Å². The Morgan fingerprint density at radius 2 is 0.750 bits per heavy atom. The van der Waals surface area contributed by atoms with Crippen molar-refractivity contribution in [3.8, 4) is 0 Å². The Hall–Kier alpha value is -0.886. The maximum Gasteiger partial charge on any atom is 0.330 e. The zero-order valence-electron chi connectivity index (χ0n) is 23.1. The molecule has 0 aromatic carbocycles. The molecule has 0 aliphatic rings. The van der Waals surface area contributed by atoms with Crippen molar-refractivity contribution in [1.82, 2.24) is 0 Å². The molecule has 0 amide bonds. The number of carbonyl (C=O) groups is 2. The normalized spacial score (nSPS) is 13.4. The summed E-state index contributed by atoms with van der Waals surface area (Å²) in [5.74, 6) is -0.923. The molecule has 0 unspecified atom stereocenters. The third-order valence-electron chi connectivity index (χ3n) is 8.36. The van der Waals surface area contributed by atoms with Crippen LogP contribution in [0.4, 0.5) is 0 Å². The molecule has 0 spiro atoms. The Balaban J connectivity index is 4.77. The molecule has 0 aromatic rings. The van der Waals surface area contributed by atoms with E-state index in [9.17, 15) is 9.59 Å². The molecule has 0 rings (SSSR count). The molecule has 0 fully saturated rings. The highest BCUT2D eigenvalue weighted by Crippen LogP contribution is 2.45. The lowest BCUT2D eigenvalue weighted by molar-refractivity contribution is -0.140. The molecule has 0 atom stereocenters. The van der Waals surface area contributed by atoms with Crippen molar-refractivity contribution in [2.75, 3.05) is 13.2 Å². The van der Waals surface area contributed by atoms with Crippen molar-refractivity contribution in [2.45, 2.75) is 128 Å². The fourth-order valence-corrected chi connectivity index (χ4v) is 19.0. The number of ether oxygens (including phenoxy) is 2. The molecule has 4 nitrogen and oxygen atoms in total. The summed E-state index contributed by atoms with van der Waals surface area (Å²) in [5, 5.41) is 0. The highest BCUT2D eigenvalue weighted by Gasteiger charge is 2.43. The van der Waals surface area contributed by atoms with Crippen LogP contribution in [0.3, 0.4) is 0 Å². The number of hydrogen-bond acceptors (Lipinski definition) is 4. The van der Waals surface area contributed by atoms with Gasteiger partial charge in [-0.2, -0.15) is 0 Å². The molecule has 0 radical (unpaired) electrons. The van der Waals surface area contributed by atoms with Crippen LogP contribution in [0, 0.1) is 0 Å². The first kappa shape index (κ1) is 31.1. The van der Waals surface area contributed by atoms with Gasteiger partial charge in [-0.1, -0.05) is 116 Å². The second kappa shape index (κ2) is 13.7. The summed E-state index contributed by atoms with van der Waals surface area (Å²) in [5.41, 5.74) is 3.78. The summed E-state index contributed by atoms with van der Waals surface area (Å²) in [6.45, 7) is 28.5. The van der Waals surface area contributed by atoms with Gasteiger partial charge in [0.25, 0.3) is 0 Å². The van der Waals surface area contributed by atoms with E-state index in [2.05, 4.69) is 83.1 Å². The second-order valence-electron chi connectivity index (χ2n) is 11.3. The Morgan fingerprint density at radius 1 is 0.531 bits per heavy atom. The third-order valence-corrected chi connectivity index (χ3v) is 23.4. The molecular weight excluding hydrogens is 432 g/mol. The van der Waals surface area contributed by atoms with Crippen LogP contribution in [0.25, 0.3) is 0 Å². The van der Waals surface area contributed by atoms with Crippen molar-refractivity contribution < 1.29 is 19.1 Å². The molecule has 0 aliphatic heterocycles. The fraction of sp³-hybridized carbons (Fsp3) is 0.846. The molecule has 0 N–H and O–H groups in total. The van der Waals surface area contributed by atoms with Crippen molar-refractivity contribution in [2.24, 2.45) is 0 Å². The van der Waals surface area contributed by atoms with E-state index in [1.165, 1.54) is 12.2 Å². The van der Waals surface area contributed by atoms with Crippen LogP contribution in [-0.4, -0.2) is 41.3 Å². The number of rotatable bonds is 14. The Bertz CT molecular complexity index is 511. The average molecular weight is 485 g/mol. The van der Waals surface area contributed by atoms with Gasteiger partial charge < -0.3 is 9.47 Å². The first-order chi connectivity index (χ1) is 14.7. The maximum absolute atomic E-state index is 12.1. The molecule has 0 bridgehead atoms. The lowest BCUT2D eigenvalue weighted by atomic mass is 10.5. The summed E-state index contributed by atoms with van der Waals surface area (Å²) < 4.78 is 10.9. The van der Waals surface area contributed by atoms with E-state index in [1.54, 1.807) is 0 Å². The van der Waals surface area contributed by atoms with Crippen LogP contribution in [-0.2, 0) is 19.1 Å². The molecular formula is C26H52O4Si2. The maximum atomic E-state index is 12.1. The van der Waals surface area contributed by atoms with Gasteiger partial charge in [0.1, 0.15) is 0 Å². The molecule has 0 saturated carbocycles. The van der Waals surface area contributed by atoms with Crippen molar-refractivity contribution in [1.29, 1.82) is 0 Å². The summed E-state index contributed by atoms with van der Waals surface area (Å²) in [7, 11) is -3.18. The highest BCUT2D eigenvalue weighted by molar-refractivity contribution is 6.84. The summed E-state index contributed by atoms with van der Waals surface area (Å²) in [6, 6.07) is 1.91. The van der Waals surface area contributed by atoms with Crippen LogP contribution in [0.15, 0.2) is 12.2 Å². The smallest absolute Gasteiger partial charge is 0.330 e. The van der Waals surface area contributed by atoms with E-state index in [4.69, 9.17) is 9.47 Å². The Morgan fingerprint density at radius 3 is 0.938 bits per heavy atom. The quantitative estimate of drug-likeness (QED) is 0.142. The lowest BCUT2D eigenvalue weighted by Crippen LogP contribution is -2.45. The minimum absolute atomic E-state index is 0.421. The minimum Gasteiger partial charge on any atom is -0.463 e. The van der Waals surface area contributed by atoms with Gasteiger partial charge in [-0.3, -0.25) is 0 Å². The van der Waals surface area contributed by atoms with Crippen LogP contribution in [0.5, 0.6) is 0 Å². The predicted molar refractivity (Wildman–Crippen MR) is 143 cm³/mol. The Labute approximate surface area is 200 Å². The number of esters is 2. The summed E-state index contributed by atoms with van der Waals surface area (Å²) >= 11 is 0. The summed E-state index contributed by atoms with van der Waals surface area (Å²) in [4.78, 5) is 24.3. The van der Waals surface area contributed by atoms with Gasteiger partial charge in [0.05, 0.1) is 29.4 Å². The van der Waals surface area contributed by atoms with E-state index < -0.39 is 28.1 Å².